The molecule has 9 heteroatoms. The molecule has 0 bridgehead atoms. The van der Waals surface area contributed by atoms with E-state index in [-0.39, 0.29) is 11.3 Å². The van der Waals surface area contributed by atoms with Crippen molar-refractivity contribution in [1.29, 1.82) is 0 Å². The van der Waals surface area contributed by atoms with Crippen molar-refractivity contribution in [2.45, 2.75) is 36.1 Å². The molecule has 0 radical (unpaired) electrons. The molecule has 3 aromatic rings. The van der Waals surface area contributed by atoms with E-state index in [4.69, 9.17) is 9.52 Å². The van der Waals surface area contributed by atoms with Gasteiger partial charge in [-0.25, -0.2) is 14.8 Å². The molecule has 2 aromatic heterocycles. The number of amides is 1. The summed E-state index contributed by atoms with van der Waals surface area (Å²) in [6.07, 6.45) is 5.92. The van der Waals surface area contributed by atoms with Crippen molar-refractivity contribution >= 4 is 46.2 Å². The summed E-state index contributed by atoms with van der Waals surface area (Å²) in [5.74, 6) is 0.709. The predicted octanol–water partition coefficient (Wildman–Crippen LogP) is 5.07. The van der Waals surface area contributed by atoms with Crippen LogP contribution in [-0.4, -0.2) is 27.0 Å². The van der Waals surface area contributed by atoms with Gasteiger partial charge < -0.3 is 9.52 Å². The number of thioether (sulfide) groups is 1. The molecule has 2 heterocycles. The van der Waals surface area contributed by atoms with Gasteiger partial charge in [-0.15, -0.1) is 11.8 Å². The number of nitrogens with one attached hydrogen (secondary N) is 1. The molecule has 1 amide bonds. The number of anilines is 1. The van der Waals surface area contributed by atoms with Gasteiger partial charge in [0, 0.05) is 17.1 Å². The zero-order valence-electron chi connectivity index (χ0n) is 16.7. The fourth-order valence-corrected chi connectivity index (χ4v) is 4.08. The number of carbonyl (C=O) groups is 2. The SMILES string of the molecule is CC(C)(C)c1cnc(CSc2cnc(NC(=O)c3cccc(/C=C/C(=O)O)c3)s2)o1. The molecule has 0 aliphatic heterocycles. The Morgan fingerprint density at radius 2 is 2.07 bits per heavy atom. The molecule has 0 saturated carbocycles. The largest absolute Gasteiger partial charge is 0.478 e. The summed E-state index contributed by atoms with van der Waals surface area (Å²) >= 11 is 2.90. The van der Waals surface area contributed by atoms with E-state index in [1.54, 1.807) is 36.7 Å². The summed E-state index contributed by atoms with van der Waals surface area (Å²) in [7, 11) is 0. The van der Waals surface area contributed by atoms with Crippen molar-refractivity contribution in [2.75, 3.05) is 5.32 Å². The molecule has 0 unspecified atom stereocenters. The van der Waals surface area contributed by atoms with E-state index in [2.05, 4.69) is 36.1 Å². The van der Waals surface area contributed by atoms with Crippen molar-refractivity contribution in [3.05, 3.63) is 65.5 Å². The van der Waals surface area contributed by atoms with Gasteiger partial charge in [0.1, 0.15) is 5.76 Å². The Morgan fingerprint density at radius 1 is 1.27 bits per heavy atom. The number of hydrogen-bond acceptors (Lipinski definition) is 7. The van der Waals surface area contributed by atoms with Crippen LogP contribution in [0.2, 0.25) is 0 Å². The fourth-order valence-electron chi connectivity index (χ4n) is 2.36. The minimum Gasteiger partial charge on any atom is -0.478 e. The van der Waals surface area contributed by atoms with Crippen LogP contribution in [0.1, 0.15) is 48.3 Å². The van der Waals surface area contributed by atoms with Crippen LogP contribution in [0.5, 0.6) is 0 Å². The maximum atomic E-state index is 12.5. The normalized spacial score (nSPS) is 11.7. The standard InChI is InChI=1S/C21H21N3O4S2/c1-21(2,3)15-10-22-16(28-15)12-29-18-11-23-20(30-18)24-19(27)14-6-4-5-13(9-14)7-8-17(25)26/h4-11H,12H2,1-3H3,(H,25,26)(H,23,24,27)/b8-7+. The molecule has 7 nitrogen and oxygen atoms in total. The molecular weight excluding hydrogens is 422 g/mol. The van der Waals surface area contributed by atoms with E-state index in [1.165, 1.54) is 29.2 Å². The van der Waals surface area contributed by atoms with Gasteiger partial charge in [-0.3, -0.25) is 10.1 Å². The van der Waals surface area contributed by atoms with Gasteiger partial charge in [-0.2, -0.15) is 0 Å². The number of carbonyl (C=O) groups excluding carboxylic acids is 1. The predicted molar refractivity (Wildman–Crippen MR) is 118 cm³/mol. The Kier molecular flexibility index (Phi) is 6.73. The Labute approximate surface area is 182 Å². The second-order valence-electron chi connectivity index (χ2n) is 7.39. The number of aliphatic carboxylic acids is 1. The molecule has 0 fully saturated rings. The Bertz CT molecular complexity index is 1080. The average molecular weight is 444 g/mol. The highest BCUT2D eigenvalue weighted by molar-refractivity contribution is 8.00. The molecule has 3 rings (SSSR count). The monoisotopic (exact) mass is 443 g/mol. The van der Waals surface area contributed by atoms with Crippen LogP contribution in [0.4, 0.5) is 5.13 Å². The number of thiazole rings is 1. The summed E-state index contributed by atoms with van der Waals surface area (Å²) in [6.45, 7) is 6.21. The van der Waals surface area contributed by atoms with Crippen LogP contribution in [-0.2, 0) is 16.0 Å². The first-order valence-electron chi connectivity index (χ1n) is 9.07. The van der Waals surface area contributed by atoms with Crippen LogP contribution in [0, 0.1) is 0 Å². The third-order valence-electron chi connectivity index (χ3n) is 3.90. The third-order valence-corrected chi connectivity index (χ3v) is 5.99. The second kappa shape index (κ2) is 9.27. The van der Waals surface area contributed by atoms with Crippen LogP contribution < -0.4 is 5.32 Å². The maximum Gasteiger partial charge on any atom is 0.328 e. The first-order chi connectivity index (χ1) is 14.2. The minimum absolute atomic E-state index is 0.0847. The van der Waals surface area contributed by atoms with Gasteiger partial charge in [0.2, 0.25) is 5.89 Å². The summed E-state index contributed by atoms with van der Waals surface area (Å²) < 4.78 is 6.71. The van der Waals surface area contributed by atoms with E-state index >= 15 is 0 Å². The molecule has 0 atom stereocenters. The van der Waals surface area contributed by atoms with Crippen LogP contribution in [0.3, 0.4) is 0 Å². The van der Waals surface area contributed by atoms with Crippen molar-refractivity contribution in [3.63, 3.8) is 0 Å². The lowest BCUT2D eigenvalue weighted by molar-refractivity contribution is -0.131. The molecule has 0 saturated heterocycles. The number of rotatable bonds is 7. The van der Waals surface area contributed by atoms with E-state index < -0.39 is 5.97 Å². The lowest BCUT2D eigenvalue weighted by atomic mass is 9.94. The van der Waals surface area contributed by atoms with Crippen molar-refractivity contribution in [2.24, 2.45) is 0 Å². The quantitative estimate of drug-likeness (QED) is 0.388. The summed E-state index contributed by atoms with van der Waals surface area (Å²) in [4.78, 5) is 31.7. The molecule has 2 N–H and O–H groups in total. The Balaban J connectivity index is 1.59. The third kappa shape index (κ3) is 6.04. The van der Waals surface area contributed by atoms with Gasteiger partial charge in [-0.05, 0) is 23.8 Å². The van der Waals surface area contributed by atoms with Crippen molar-refractivity contribution in [3.8, 4) is 0 Å². The van der Waals surface area contributed by atoms with Crippen LogP contribution in [0.15, 0.2) is 51.4 Å². The number of carboxylic acids is 1. The van der Waals surface area contributed by atoms with Gasteiger partial charge in [-0.1, -0.05) is 44.2 Å². The molecular formula is C21H21N3O4S2. The average Bonchev–Trinajstić information content (AvgIpc) is 3.34. The molecule has 30 heavy (non-hydrogen) atoms. The molecule has 0 spiro atoms. The van der Waals surface area contributed by atoms with Gasteiger partial charge in [0.05, 0.1) is 22.4 Å². The van der Waals surface area contributed by atoms with Crippen LogP contribution >= 0.6 is 23.1 Å². The lowest BCUT2D eigenvalue weighted by Crippen LogP contribution is -2.11. The molecule has 156 valence electrons. The number of nitrogens with zero attached hydrogens (tertiary/aromatic N) is 2. The first kappa shape index (κ1) is 21.8. The number of benzene rings is 1. The van der Waals surface area contributed by atoms with E-state index in [0.717, 1.165) is 16.0 Å². The first-order valence-corrected chi connectivity index (χ1v) is 10.9. The zero-order valence-corrected chi connectivity index (χ0v) is 18.3. The van der Waals surface area contributed by atoms with Crippen molar-refractivity contribution < 1.29 is 19.1 Å². The Morgan fingerprint density at radius 3 is 2.77 bits per heavy atom. The van der Waals surface area contributed by atoms with E-state index in [1.807, 2.05) is 0 Å². The topological polar surface area (TPSA) is 105 Å². The summed E-state index contributed by atoms with van der Waals surface area (Å²) in [5, 5.41) is 12.0. The second-order valence-corrected chi connectivity index (χ2v) is 9.70. The molecule has 0 aliphatic rings. The van der Waals surface area contributed by atoms with Gasteiger partial charge in [0.25, 0.3) is 5.91 Å². The van der Waals surface area contributed by atoms with E-state index in [9.17, 15) is 9.59 Å². The highest BCUT2D eigenvalue weighted by Gasteiger charge is 2.19. The van der Waals surface area contributed by atoms with E-state index in [0.29, 0.717) is 27.9 Å². The fraction of sp³-hybridized carbons (Fsp3) is 0.238. The maximum absolute atomic E-state index is 12.5. The number of hydrogen-bond donors (Lipinski definition) is 2. The van der Waals surface area contributed by atoms with Gasteiger partial charge in [0.15, 0.2) is 5.13 Å². The minimum atomic E-state index is -1.04. The molecule has 1 aromatic carbocycles. The molecule has 0 aliphatic carbocycles. The number of aromatic nitrogens is 2. The van der Waals surface area contributed by atoms with Crippen LogP contribution in [0.25, 0.3) is 6.08 Å². The van der Waals surface area contributed by atoms with Crippen molar-refractivity contribution in [1.82, 2.24) is 9.97 Å². The van der Waals surface area contributed by atoms with Gasteiger partial charge >= 0.3 is 5.97 Å². The summed E-state index contributed by atoms with van der Waals surface area (Å²) in [6, 6.07) is 6.70. The smallest absolute Gasteiger partial charge is 0.328 e. The number of carboxylic acid groups (broad SMARTS) is 1. The highest BCUT2D eigenvalue weighted by Crippen LogP contribution is 2.32. The Hall–Kier alpha value is -2.91. The highest BCUT2D eigenvalue weighted by atomic mass is 32.2. The summed E-state index contributed by atoms with van der Waals surface area (Å²) in [5.41, 5.74) is 0.959. The number of oxazole rings is 1. The lowest BCUT2D eigenvalue weighted by Gasteiger charge is -2.12. The zero-order chi connectivity index (χ0) is 21.7.